The predicted molar refractivity (Wildman–Crippen MR) is 42.8 cm³/mol. The second kappa shape index (κ2) is 4.70. The van der Waals surface area contributed by atoms with Crippen molar-refractivity contribution < 1.29 is 41.0 Å². The van der Waals surface area contributed by atoms with Gasteiger partial charge in [0.2, 0.25) is 0 Å². The van der Waals surface area contributed by atoms with Crippen LogP contribution in [-0.2, 0) is 0 Å². The van der Waals surface area contributed by atoms with Gasteiger partial charge >= 0.3 is 12.3 Å². The molecule has 4 nitrogen and oxygen atoms in total. The summed E-state index contributed by atoms with van der Waals surface area (Å²) in [5, 5.41) is 8.41. The number of carbonyl (C=O) groups is 1. The maximum Gasteiger partial charge on any atom is 0.573 e. The zero-order valence-corrected chi connectivity index (χ0v) is 8.13. The van der Waals surface area contributed by atoms with Gasteiger partial charge in [-0.15, -0.1) is 13.2 Å². The van der Waals surface area contributed by atoms with Gasteiger partial charge < -0.3 is 9.84 Å². The number of carboxylic acid groups (broad SMARTS) is 1. The average molecular weight is 275 g/mol. The summed E-state index contributed by atoms with van der Waals surface area (Å²) < 4.78 is 76.6. The molecule has 0 amide bonds. The molecular weight excluding hydrogens is 272 g/mol. The second-order valence-corrected chi connectivity index (χ2v) is 2.85. The van der Waals surface area contributed by atoms with Crippen molar-refractivity contribution in [1.82, 2.24) is 4.98 Å². The van der Waals surface area contributed by atoms with Gasteiger partial charge in [0.1, 0.15) is 5.56 Å². The van der Waals surface area contributed by atoms with Gasteiger partial charge in [-0.05, 0) is 0 Å². The third kappa shape index (κ3) is 3.02. The SMILES string of the molecule is O=C(O)c1cnc(C(F)F)c(OC(F)(F)F)c1F. The Morgan fingerprint density at radius 1 is 1.39 bits per heavy atom. The maximum atomic E-state index is 13.3. The molecular formula is C8H3F6NO3. The molecule has 1 rings (SSSR count). The zero-order chi connectivity index (χ0) is 14.1. The molecule has 0 saturated carbocycles. The molecule has 0 radical (unpaired) electrons. The average Bonchev–Trinajstić information content (AvgIpc) is 2.17. The van der Waals surface area contributed by atoms with E-state index in [0.717, 1.165) is 0 Å². The molecule has 0 unspecified atom stereocenters. The van der Waals surface area contributed by atoms with Crippen LogP contribution in [0.4, 0.5) is 26.3 Å². The summed E-state index contributed by atoms with van der Waals surface area (Å²) >= 11 is 0. The van der Waals surface area contributed by atoms with E-state index in [4.69, 9.17) is 5.11 Å². The van der Waals surface area contributed by atoms with Gasteiger partial charge in [-0.2, -0.15) is 0 Å². The number of aromatic nitrogens is 1. The van der Waals surface area contributed by atoms with E-state index in [1.165, 1.54) is 0 Å². The molecule has 0 atom stereocenters. The Morgan fingerprint density at radius 3 is 2.33 bits per heavy atom. The highest BCUT2D eigenvalue weighted by atomic mass is 19.4. The van der Waals surface area contributed by atoms with Crippen LogP contribution >= 0.6 is 0 Å². The van der Waals surface area contributed by atoms with Crippen molar-refractivity contribution in [3.63, 3.8) is 0 Å². The van der Waals surface area contributed by atoms with E-state index in [9.17, 15) is 31.1 Å². The summed E-state index contributed by atoms with van der Waals surface area (Å²) in [5.41, 5.74) is -2.94. The fourth-order valence-electron chi connectivity index (χ4n) is 1.00. The van der Waals surface area contributed by atoms with Crippen molar-refractivity contribution >= 4 is 5.97 Å². The molecule has 0 bridgehead atoms. The standard InChI is InChI=1S/C8H3F6NO3/c9-3-2(7(16)17)1-15-4(6(10)11)5(3)18-8(12,13)14/h1,6H,(H,16,17). The summed E-state index contributed by atoms with van der Waals surface area (Å²) in [5.74, 6) is -5.98. The lowest BCUT2D eigenvalue weighted by atomic mass is 10.2. The summed E-state index contributed by atoms with van der Waals surface area (Å²) in [7, 11) is 0. The minimum absolute atomic E-state index is 0.183. The molecule has 10 heteroatoms. The van der Waals surface area contributed by atoms with E-state index in [-0.39, 0.29) is 6.20 Å². The Balaban J connectivity index is 3.41. The van der Waals surface area contributed by atoms with Crippen molar-refractivity contribution in [2.45, 2.75) is 12.8 Å². The van der Waals surface area contributed by atoms with Gasteiger partial charge in [-0.25, -0.2) is 18.0 Å². The molecule has 1 aromatic rings. The Labute approximate surface area is 94.8 Å². The highest BCUT2D eigenvalue weighted by Crippen LogP contribution is 2.34. The molecule has 1 aromatic heterocycles. The third-order valence-electron chi connectivity index (χ3n) is 1.66. The number of nitrogens with zero attached hydrogens (tertiary/aromatic N) is 1. The number of halogens is 6. The zero-order valence-electron chi connectivity index (χ0n) is 8.13. The van der Waals surface area contributed by atoms with Crippen molar-refractivity contribution in [1.29, 1.82) is 0 Å². The quantitative estimate of drug-likeness (QED) is 0.862. The summed E-state index contributed by atoms with van der Waals surface area (Å²) in [4.78, 5) is 13.2. The third-order valence-corrected chi connectivity index (χ3v) is 1.66. The fraction of sp³-hybridized carbons (Fsp3) is 0.250. The van der Waals surface area contributed by atoms with Gasteiger partial charge in [0.15, 0.2) is 17.3 Å². The number of carboxylic acids is 1. The van der Waals surface area contributed by atoms with E-state index < -0.39 is 41.6 Å². The number of hydrogen-bond donors (Lipinski definition) is 1. The number of alkyl halides is 5. The van der Waals surface area contributed by atoms with E-state index in [1.54, 1.807) is 0 Å². The highest BCUT2D eigenvalue weighted by molar-refractivity contribution is 5.88. The summed E-state index contributed by atoms with van der Waals surface area (Å²) in [6.07, 6.45) is -8.83. The van der Waals surface area contributed by atoms with E-state index >= 15 is 0 Å². The lowest BCUT2D eigenvalue weighted by molar-refractivity contribution is -0.276. The van der Waals surface area contributed by atoms with Crippen molar-refractivity contribution in [2.75, 3.05) is 0 Å². The fourth-order valence-corrected chi connectivity index (χ4v) is 1.00. The molecule has 0 aliphatic carbocycles. The van der Waals surface area contributed by atoms with Crippen molar-refractivity contribution in [2.24, 2.45) is 0 Å². The normalized spacial score (nSPS) is 11.7. The first-order chi connectivity index (χ1) is 8.13. The van der Waals surface area contributed by atoms with E-state index in [2.05, 4.69) is 9.72 Å². The number of ether oxygens (including phenoxy) is 1. The van der Waals surface area contributed by atoms with Crippen molar-refractivity contribution in [3.05, 3.63) is 23.3 Å². The van der Waals surface area contributed by atoms with Gasteiger partial charge in [-0.3, -0.25) is 4.98 Å². The molecule has 18 heavy (non-hydrogen) atoms. The van der Waals surface area contributed by atoms with Crippen LogP contribution in [0, 0.1) is 5.82 Å². The summed E-state index contributed by atoms with van der Waals surface area (Å²) in [6.45, 7) is 0. The van der Waals surface area contributed by atoms with Crippen LogP contribution in [-0.4, -0.2) is 22.4 Å². The lowest BCUT2D eigenvalue weighted by Crippen LogP contribution is -2.21. The molecule has 0 aliphatic rings. The lowest BCUT2D eigenvalue weighted by Gasteiger charge is -2.13. The molecule has 0 fully saturated rings. The Kier molecular flexibility index (Phi) is 3.67. The molecule has 1 heterocycles. The Morgan fingerprint density at radius 2 is 1.94 bits per heavy atom. The molecule has 100 valence electrons. The van der Waals surface area contributed by atoms with Crippen LogP contribution in [0.15, 0.2) is 6.20 Å². The maximum absolute atomic E-state index is 13.3. The molecule has 0 aliphatic heterocycles. The highest BCUT2D eigenvalue weighted by Gasteiger charge is 2.37. The van der Waals surface area contributed by atoms with Crippen molar-refractivity contribution in [3.8, 4) is 5.75 Å². The number of rotatable bonds is 3. The van der Waals surface area contributed by atoms with Crippen LogP contribution < -0.4 is 4.74 Å². The Hall–Kier alpha value is -2.00. The van der Waals surface area contributed by atoms with Crippen LogP contribution in [0.2, 0.25) is 0 Å². The van der Waals surface area contributed by atoms with Crippen LogP contribution in [0.1, 0.15) is 22.5 Å². The number of pyridine rings is 1. The first-order valence-electron chi connectivity index (χ1n) is 4.09. The van der Waals surface area contributed by atoms with Gasteiger partial charge in [0.05, 0.1) is 0 Å². The minimum atomic E-state index is -5.46. The summed E-state index contributed by atoms with van der Waals surface area (Å²) in [6, 6.07) is 0. The molecule has 0 spiro atoms. The molecule has 1 N–H and O–H groups in total. The van der Waals surface area contributed by atoms with E-state index in [1.807, 2.05) is 0 Å². The molecule has 0 aromatic carbocycles. The van der Waals surface area contributed by atoms with Crippen LogP contribution in [0.3, 0.4) is 0 Å². The van der Waals surface area contributed by atoms with Gasteiger partial charge in [-0.1, -0.05) is 0 Å². The monoisotopic (exact) mass is 275 g/mol. The smallest absolute Gasteiger partial charge is 0.478 e. The molecule has 0 saturated heterocycles. The number of hydrogen-bond acceptors (Lipinski definition) is 3. The minimum Gasteiger partial charge on any atom is -0.478 e. The van der Waals surface area contributed by atoms with Crippen LogP contribution in [0.25, 0.3) is 0 Å². The van der Waals surface area contributed by atoms with Gasteiger partial charge in [0, 0.05) is 6.20 Å². The number of aromatic carboxylic acids is 1. The predicted octanol–water partition coefficient (Wildman–Crippen LogP) is 2.76. The largest absolute Gasteiger partial charge is 0.573 e. The topological polar surface area (TPSA) is 59.4 Å². The second-order valence-electron chi connectivity index (χ2n) is 2.85. The first-order valence-corrected chi connectivity index (χ1v) is 4.09. The first kappa shape index (κ1) is 14.1. The van der Waals surface area contributed by atoms with Crippen LogP contribution in [0.5, 0.6) is 5.75 Å². The van der Waals surface area contributed by atoms with Gasteiger partial charge in [0.25, 0.3) is 6.43 Å². The van der Waals surface area contributed by atoms with E-state index in [0.29, 0.717) is 0 Å². The Bertz CT molecular complexity index is 473.